The number of sulfone groups is 1. The van der Waals surface area contributed by atoms with Crippen molar-refractivity contribution in [2.24, 2.45) is 0 Å². The summed E-state index contributed by atoms with van der Waals surface area (Å²) < 4.78 is 47.7. The van der Waals surface area contributed by atoms with Gasteiger partial charge in [-0.15, -0.1) is 0 Å². The van der Waals surface area contributed by atoms with E-state index in [0.717, 1.165) is 0 Å². The lowest BCUT2D eigenvalue weighted by Crippen LogP contribution is -2.22. The molecule has 4 aromatic rings. The molecule has 0 bridgehead atoms. The minimum absolute atomic E-state index is 0.0129. The number of hydrogen-bond donors (Lipinski definition) is 0. The van der Waals surface area contributed by atoms with Gasteiger partial charge >= 0.3 is 11.9 Å². The van der Waals surface area contributed by atoms with Crippen molar-refractivity contribution < 1.29 is 37.0 Å². The number of methoxy groups -OCH3 is 1. The summed E-state index contributed by atoms with van der Waals surface area (Å²) >= 11 is 0. The number of carbonyl (C=O) groups is 2. The van der Waals surface area contributed by atoms with Gasteiger partial charge in [-0.05, 0) is 118 Å². The van der Waals surface area contributed by atoms with Crippen LogP contribution in [-0.2, 0) is 9.84 Å². The Morgan fingerprint density at radius 3 is 1.25 bits per heavy atom. The van der Waals surface area contributed by atoms with Gasteiger partial charge in [0.15, 0.2) is 0 Å². The van der Waals surface area contributed by atoms with E-state index in [1.807, 2.05) is 20.8 Å². The number of ether oxygens (including phenoxy) is 4. The minimum atomic E-state index is -3.87. The maximum Gasteiger partial charge on any atom is 0.343 e. The molecule has 0 fully saturated rings. The van der Waals surface area contributed by atoms with E-state index in [1.165, 1.54) is 55.6 Å². The van der Waals surface area contributed by atoms with E-state index in [2.05, 4.69) is 0 Å². The normalized spacial score (nSPS) is 11.4. The molecule has 4 aromatic carbocycles. The van der Waals surface area contributed by atoms with E-state index in [-0.39, 0.29) is 26.9 Å². The van der Waals surface area contributed by atoms with Crippen LogP contribution in [0.1, 0.15) is 41.5 Å². The monoisotopic (exact) mass is 560 g/mol. The smallest absolute Gasteiger partial charge is 0.343 e. The van der Waals surface area contributed by atoms with Crippen molar-refractivity contribution in [3.8, 4) is 23.0 Å². The molecule has 8 nitrogen and oxygen atoms in total. The molecular weight excluding hydrogens is 532 g/mol. The predicted octanol–water partition coefficient (Wildman–Crippen LogP) is 6.14. The Balaban J connectivity index is 1.39. The van der Waals surface area contributed by atoms with Gasteiger partial charge in [-0.1, -0.05) is 0 Å². The Bertz CT molecular complexity index is 1580. The molecule has 0 N–H and O–H groups in total. The first-order valence-corrected chi connectivity index (χ1v) is 13.8. The third kappa shape index (κ3) is 7.06. The summed E-state index contributed by atoms with van der Waals surface area (Å²) in [6.45, 7) is 5.78. The number of esters is 2. The average Bonchev–Trinajstić information content (AvgIpc) is 2.93. The van der Waals surface area contributed by atoms with Gasteiger partial charge in [-0.2, -0.15) is 0 Å². The van der Waals surface area contributed by atoms with E-state index < -0.39 is 21.8 Å². The Morgan fingerprint density at radius 2 is 0.900 bits per heavy atom. The molecule has 0 saturated heterocycles. The second kappa shape index (κ2) is 11.6. The van der Waals surface area contributed by atoms with Crippen LogP contribution in [0.4, 0.5) is 0 Å². The summed E-state index contributed by atoms with van der Waals surface area (Å²) in [6, 6.07) is 24.0. The van der Waals surface area contributed by atoms with E-state index in [0.29, 0.717) is 22.6 Å². The number of hydrogen-bond acceptors (Lipinski definition) is 8. The van der Waals surface area contributed by atoms with Gasteiger partial charge in [0.25, 0.3) is 0 Å². The van der Waals surface area contributed by atoms with Crippen LogP contribution in [0.15, 0.2) is 107 Å². The van der Waals surface area contributed by atoms with Crippen LogP contribution >= 0.6 is 0 Å². The predicted molar refractivity (Wildman–Crippen MR) is 148 cm³/mol. The first-order chi connectivity index (χ1) is 18.9. The standard InChI is InChI=1S/C31H28O8S/c1-31(2,3)39-26-11-7-22(8-12-26)30(33)38-25-15-19-28(20-16-25)40(34,35)27-17-13-24(14-18-27)37-29(32)21-5-9-23(36-4)10-6-21/h5-20H,1-4H3. The van der Waals surface area contributed by atoms with Crippen molar-refractivity contribution in [1.29, 1.82) is 0 Å². The van der Waals surface area contributed by atoms with Crippen molar-refractivity contribution in [3.63, 3.8) is 0 Å². The van der Waals surface area contributed by atoms with Crippen molar-refractivity contribution in [2.75, 3.05) is 7.11 Å². The molecule has 206 valence electrons. The second-order valence-corrected chi connectivity index (χ2v) is 11.6. The summed E-state index contributed by atoms with van der Waals surface area (Å²) in [6.07, 6.45) is 0. The zero-order valence-electron chi connectivity index (χ0n) is 22.4. The maximum atomic E-state index is 13.1. The fourth-order valence-electron chi connectivity index (χ4n) is 3.58. The highest BCUT2D eigenvalue weighted by Crippen LogP contribution is 2.26. The van der Waals surface area contributed by atoms with Crippen LogP contribution in [0.25, 0.3) is 0 Å². The fourth-order valence-corrected chi connectivity index (χ4v) is 4.84. The molecule has 0 aliphatic carbocycles. The van der Waals surface area contributed by atoms with E-state index in [9.17, 15) is 18.0 Å². The fraction of sp³-hybridized carbons (Fsp3) is 0.161. The quantitative estimate of drug-likeness (QED) is 0.187. The average molecular weight is 561 g/mol. The molecule has 0 aliphatic rings. The summed E-state index contributed by atoms with van der Waals surface area (Å²) in [5.74, 6) is 0.450. The lowest BCUT2D eigenvalue weighted by Gasteiger charge is -2.21. The van der Waals surface area contributed by atoms with E-state index >= 15 is 0 Å². The Hall–Kier alpha value is -4.63. The molecule has 0 spiro atoms. The van der Waals surface area contributed by atoms with E-state index in [4.69, 9.17) is 18.9 Å². The minimum Gasteiger partial charge on any atom is -0.497 e. The zero-order valence-corrected chi connectivity index (χ0v) is 23.2. The highest BCUT2D eigenvalue weighted by Gasteiger charge is 2.19. The molecule has 0 aromatic heterocycles. The highest BCUT2D eigenvalue weighted by molar-refractivity contribution is 7.91. The summed E-state index contributed by atoms with van der Waals surface area (Å²) in [4.78, 5) is 24.9. The molecule has 40 heavy (non-hydrogen) atoms. The SMILES string of the molecule is COc1ccc(C(=O)Oc2ccc(S(=O)(=O)c3ccc(OC(=O)c4ccc(OC(C)(C)C)cc4)cc3)cc2)cc1. The number of rotatable bonds is 8. The number of carbonyl (C=O) groups excluding carboxylic acids is 2. The molecule has 4 rings (SSSR count). The highest BCUT2D eigenvalue weighted by atomic mass is 32.2. The first-order valence-electron chi connectivity index (χ1n) is 12.3. The van der Waals surface area contributed by atoms with Crippen molar-refractivity contribution >= 4 is 21.8 Å². The molecule has 0 saturated carbocycles. The molecule has 9 heteroatoms. The molecule has 0 atom stereocenters. The van der Waals surface area contributed by atoms with Gasteiger partial charge in [0.05, 0.1) is 28.0 Å². The van der Waals surface area contributed by atoms with Gasteiger partial charge in [0.1, 0.15) is 28.6 Å². The van der Waals surface area contributed by atoms with Gasteiger partial charge in [0.2, 0.25) is 9.84 Å². The summed E-state index contributed by atoms with van der Waals surface area (Å²) in [7, 11) is -2.34. The van der Waals surface area contributed by atoms with Crippen molar-refractivity contribution in [1.82, 2.24) is 0 Å². The lowest BCUT2D eigenvalue weighted by atomic mass is 10.1. The largest absolute Gasteiger partial charge is 0.497 e. The Kier molecular flexibility index (Phi) is 8.25. The molecular formula is C31H28O8S. The molecule has 0 heterocycles. The Morgan fingerprint density at radius 1 is 0.550 bits per heavy atom. The van der Waals surface area contributed by atoms with Gasteiger partial charge in [-0.25, -0.2) is 18.0 Å². The molecule has 0 radical (unpaired) electrons. The topological polar surface area (TPSA) is 105 Å². The Labute approximate surface area is 233 Å². The first kappa shape index (κ1) is 28.4. The molecule has 0 aliphatic heterocycles. The van der Waals surface area contributed by atoms with Crippen molar-refractivity contribution in [3.05, 3.63) is 108 Å². The molecule has 0 unspecified atom stereocenters. The third-order valence-electron chi connectivity index (χ3n) is 5.53. The van der Waals surface area contributed by atoms with E-state index in [1.54, 1.807) is 48.5 Å². The summed E-state index contributed by atoms with van der Waals surface area (Å²) in [5.41, 5.74) is 0.284. The van der Waals surface area contributed by atoms with Crippen LogP contribution in [-0.4, -0.2) is 33.1 Å². The number of benzene rings is 4. The summed E-state index contributed by atoms with van der Waals surface area (Å²) in [5, 5.41) is 0. The van der Waals surface area contributed by atoms with Crippen LogP contribution in [0.2, 0.25) is 0 Å². The van der Waals surface area contributed by atoms with Crippen LogP contribution < -0.4 is 18.9 Å². The van der Waals surface area contributed by atoms with Crippen LogP contribution in [0, 0.1) is 0 Å². The van der Waals surface area contributed by atoms with Crippen LogP contribution in [0.3, 0.4) is 0 Å². The van der Waals surface area contributed by atoms with Crippen LogP contribution in [0.5, 0.6) is 23.0 Å². The zero-order chi connectivity index (χ0) is 28.9. The third-order valence-corrected chi connectivity index (χ3v) is 7.31. The maximum absolute atomic E-state index is 13.1. The van der Waals surface area contributed by atoms with Crippen molar-refractivity contribution in [2.45, 2.75) is 36.2 Å². The lowest BCUT2D eigenvalue weighted by molar-refractivity contribution is 0.0725. The van der Waals surface area contributed by atoms with Gasteiger partial charge in [-0.3, -0.25) is 0 Å². The molecule has 0 amide bonds. The van der Waals surface area contributed by atoms with Gasteiger partial charge < -0.3 is 18.9 Å². The van der Waals surface area contributed by atoms with Gasteiger partial charge in [0, 0.05) is 0 Å². The second-order valence-electron chi connectivity index (χ2n) is 9.69.